The zero-order valence-corrected chi connectivity index (χ0v) is 15.1. The Kier molecular flexibility index (Phi) is 4.75. The molecule has 3 aliphatic heterocycles. The van der Waals surface area contributed by atoms with Crippen LogP contribution in [0.3, 0.4) is 0 Å². The fourth-order valence-electron chi connectivity index (χ4n) is 3.77. The van der Waals surface area contributed by atoms with Crippen molar-refractivity contribution in [3.63, 3.8) is 0 Å². The zero-order chi connectivity index (χ0) is 17.4. The lowest BCUT2D eigenvalue weighted by atomic mass is 10.1. The van der Waals surface area contributed by atoms with Crippen LogP contribution in [0.2, 0.25) is 5.02 Å². The van der Waals surface area contributed by atoms with Crippen LogP contribution >= 0.6 is 11.6 Å². The number of fused-ring (bicyclic) bond motifs is 4. The van der Waals surface area contributed by atoms with Gasteiger partial charge in [-0.1, -0.05) is 11.6 Å². The minimum absolute atomic E-state index is 0.103. The van der Waals surface area contributed by atoms with E-state index in [1.165, 1.54) is 0 Å². The molecular formula is C18H23ClN2O4. The van der Waals surface area contributed by atoms with E-state index in [0.717, 1.165) is 25.3 Å². The Labute approximate surface area is 152 Å². The average molecular weight is 367 g/mol. The summed E-state index contributed by atoms with van der Waals surface area (Å²) in [5, 5.41) is 0.549. The molecule has 3 heterocycles. The second-order valence-electron chi connectivity index (χ2n) is 7.06. The molecule has 1 aromatic carbocycles. The number of carbonyl (C=O) groups is 1. The predicted molar refractivity (Wildman–Crippen MR) is 93.5 cm³/mol. The Morgan fingerprint density at radius 3 is 2.72 bits per heavy atom. The monoisotopic (exact) mass is 366 g/mol. The van der Waals surface area contributed by atoms with Crippen molar-refractivity contribution < 1.29 is 19.0 Å². The number of likely N-dealkylation sites (N-methyl/N-ethyl adjacent to an activating group) is 1. The number of benzene rings is 1. The lowest BCUT2D eigenvalue weighted by molar-refractivity contribution is -0.132. The third-order valence-corrected chi connectivity index (χ3v) is 5.50. The molecule has 2 atom stereocenters. The summed E-state index contributed by atoms with van der Waals surface area (Å²) in [7, 11) is 2.11. The van der Waals surface area contributed by atoms with Gasteiger partial charge >= 0.3 is 0 Å². The van der Waals surface area contributed by atoms with Gasteiger partial charge in [0.15, 0.2) is 11.5 Å². The van der Waals surface area contributed by atoms with Crippen LogP contribution in [0.1, 0.15) is 5.56 Å². The van der Waals surface area contributed by atoms with Crippen LogP contribution in [-0.4, -0.2) is 74.9 Å². The Morgan fingerprint density at radius 1 is 1.16 bits per heavy atom. The maximum absolute atomic E-state index is 12.9. The summed E-state index contributed by atoms with van der Waals surface area (Å²) in [6.45, 7) is 4.85. The summed E-state index contributed by atoms with van der Waals surface area (Å²) in [5.74, 6) is 1.78. The lowest BCUT2D eigenvalue weighted by Crippen LogP contribution is -2.45. The molecule has 0 spiro atoms. The van der Waals surface area contributed by atoms with Gasteiger partial charge in [-0.3, -0.25) is 9.69 Å². The number of amides is 1. The highest BCUT2D eigenvalue weighted by Gasteiger charge is 2.33. The quantitative estimate of drug-likeness (QED) is 0.792. The smallest absolute Gasteiger partial charge is 0.227 e. The normalized spacial score (nSPS) is 26.2. The van der Waals surface area contributed by atoms with Gasteiger partial charge in [-0.25, -0.2) is 0 Å². The first-order valence-electron chi connectivity index (χ1n) is 8.74. The van der Waals surface area contributed by atoms with Crippen LogP contribution < -0.4 is 9.47 Å². The summed E-state index contributed by atoms with van der Waals surface area (Å²) in [6.07, 6.45) is 0.277. The molecule has 0 unspecified atom stereocenters. The van der Waals surface area contributed by atoms with E-state index in [1.54, 1.807) is 6.07 Å². The molecule has 2 saturated heterocycles. The fourth-order valence-corrected chi connectivity index (χ4v) is 3.99. The highest BCUT2D eigenvalue weighted by Crippen LogP contribution is 2.35. The molecule has 25 heavy (non-hydrogen) atoms. The first-order valence-corrected chi connectivity index (χ1v) is 9.11. The average Bonchev–Trinajstić information content (AvgIpc) is 2.84. The summed E-state index contributed by atoms with van der Waals surface area (Å²) in [6, 6.07) is 3.84. The van der Waals surface area contributed by atoms with Crippen molar-refractivity contribution in [2.45, 2.75) is 12.5 Å². The molecule has 6 nitrogen and oxygen atoms in total. The van der Waals surface area contributed by atoms with E-state index in [1.807, 2.05) is 11.0 Å². The first-order chi connectivity index (χ1) is 12.1. The van der Waals surface area contributed by atoms with E-state index in [9.17, 15) is 4.79 Å². The van der Waals surface area contributed by atoms with E-state index >= 15 is 0 Å². The third-order valence-electron chi connectivity index (χ3n) is 5.15. The second kappa shape index (κ2) is 7.02. The molecule has 7 heteroatoms. The Balaban J connectivity index is 1.50. The third kappa shape index (κ3) is 3.57. The molecule has 4 rings (SSSR count). The molecule has 0 aromatic heterocycles. The van der Waals surface area contributed by atoms with Crippen molar-refractivity contribution in [2.24, 2.45) is 5.92 Å². The van der Waals surface area contributed by atoms with Gasteiger partial charge in [0.25, 0.3) is 0 Å². The molecule has 136 valence electrons. The number of carbonyl (C=O) groups excluding carboxylic acids is 1. The Bertz CT molecular complexity index is 669. The van der Waals surface area contributed by atoms with Crippen LogP contribution in [0.4, 0.5) is 0 Å². The van der Waals surface area contributed by atoms with Crippen LogP contribution in [0.15, 0.2) is 12.1 Å². The summed E-state index contributed by atoms with van der Waals surface area (Å²) in [5.41, 5.74) is 0.787. The van der Waals surface area contributed by atoms with Crippen molar-refractivity contribution in [2.75, 3.05) is 53.1 Å². The molecular weight excluding hydrogens is 344 g/mol. The minimum atomic E-state index is 0.103. The number of halogens is 1. The molecule has 0 saturated carbocycles. The molecule has 2 fully saturated rings. The highest BCUT2D eigenvalue weighted by molar-refractivity contribution is 6.31. The number of hydrogen-bond acceptors (Lipinski definition) is 5. The van der Waals surface area contributed by atoms with Gasteiger partial charge < -0.3 is 19.1 Å². The number of ether oxygens (including phenoxy) is 3. The molecule has 0 N–H and O–H groups in total. The van der Waals surface area contributed by atoms with Gasteiger partial charge in [0.1, 0.15) is 13.2 Å². The molecule has 0 radical (unpaired) electrons. The van der Waals surface area contributed by atoms with E-state index in [-0.39, 0.29) is 18.4 Å². The minimum Gasteiger partial charge on any atom is -0.486 e. The maximum Gasteiger partial charge on any atom is 0.227 e. The van der Waals surface area contributed by atoms with Crippen LogP contribution in [0.25, 0.3) is 0 Å². The SMILES string of the molecule is CN1C[C@H]2COC[C@@H]1CN(C(=O)Cc1cc3c(cc1Cl)OCCO3)C2. The van der Waals surface area contributed by atoms with Crippen LogP contribution in [0.5, 0.6) is 11.5 Å². The topological polar surface area (TPSA) is 51.2 Å². The molecule has 0 aliphatic carbocycles. The van der Waals surface area contributed by atoms with Gasteiger partial charge in [0.2, 0.25) is 5.91 Å². The Morgan fingerprint density at radius 2 is 1.92 bits per heavy atom. The standard InChI is InChI=1S/C18H23ClN2O4/c1-20-7-12-8-21(9-14(20)11-23-10-12)18(22)5-13-4-16-17(6-15(13)19)25-3-2-24-16/h4,6,12,14H,2-3,5,7-11H2,1H3/t12-,14+/m1/s1. The van der Waals surface area contributed by atoms with Gasteiger partial charge in [-0.05, 0) is 18.7 Å². The fraction of sp³-hybridized carbons (Fsp3) is 0.611. The number of rotatable bonds is 2. The van der Waals surface area contributed by atoms with Crippen molar-refractivity contribution in [1.82, 2.24) is 9.80 Å². The second-order valence-corrected chi connectivity index (χ2v) is 7.47. The van der Waals surface area contributed by atoms with Crippen molar-refractivity contribution >= 4 is 17.5 Å². The Hall–Kier alpha value is -1.50. The summed E-state index contributed by atoms with van der Waals surface area (Å²) < 4.78 is 16.9. The van der Waals surface area contributed by atoms with Gasteiger partial charge in [0, 0.05) is 36.6 Å². The summed E-state index contributed by atoms with van der Waals surface area (Å²) >= 11 is 6.36. The first kappa shape index (κ1) is 16.9. The molecule has 2 bridgehead atoms. The largest absolute Gasteiger partial charge is 0.486 e. The van der Waals surface area contributed by atoms with Gasteiger partial charge in [-0.2, -0.15) is 0 Å². The van der Waals surface area contributed by atoms with Crippen molar-refractivity contribution in [3.05, 3.63) is 22.7 Å². The zero-order valence-electron chi connectivity index (χ0n) is 14.4. The van der Waals surface area contributed by atoms with Crippen LogP contribution in [0, 0.1) is 5.92 Å². The number of hydrogen-bond donors (Lipinski definition) is 0. The van der Waals surface area contributed by atoms with Crippen LogP contribution in [-0.2, 0) is 16.0 Å². The van der Waals surface area contributed by atoms with E-state index in [4.69, 9.17) is 25.8 Å². The van der Waals surface area contributed by atoms with E-state index in [0.29, 0.717) is 48.8 Å². The maximum atomic E-state index is 12.9. The molecule has 1 amide bonds. The predicted octanol–water partition coefficient (Wildman–Crippen LogP) is 1.44. The molecule has 1 aromatic rings. The van der Waals surface area contributed by atoms with Gasteiger partial charge in [-0.15, -0.1) is 0 Å². The molecule has 3 aliphatic rings. The van der Waals surface area contributed by atoms with E-state index < -0.39 is 0 Å². The van der Waals surface area contributed by atoms with Crippen molar-refractivity contribution in [1.29, 1.82) is 0 Å². The summed E-state index contributed by atoms with van der Waals surface area (Å²) in [4.78, 5) is 17.2. The van der Waals surface area contributed by atoms with Crippen molar-refractivity contribution in [3.8, 4) is 11.5 Å². The number of nitrogens with zero attached hydrogens (tertiary/aromatic N) is 2. The van der Waals surface area contributed by atoms with Gasteiger partial charge in [0.05, 0.1) is 25.7 Å². The lowest BCUT2D eigenvalue weighted by Gasteiger charge is -2.30. The highest BCUT2D eigenvalue weighted by atomic mass is 35.5. The van der Waals surface area contributed by atoms with E-state index in [2.05, 4.69) is 11.9 Å².